The largest absolute Gasteiger partial charge is 0.392 e. The van der Waals surface area contributed by atoms with Crippen LogP contribution in [0, 0.1) is 5.82 Å². The molecule has 17 heavy (non-hydrogen) atoms. The topological polar surface area (TPSA) is 75.4 Å². The first kappa shape index (κ1) is 13.6. The highest BCUT2D eigenvalue weighted by Crippen LogP contribution is 2.10. The molecule has 1 amide bonds. The van der Waals surface area contributed by atoms with Crippen LogP contribution in [0.5, 0.6) is 0 Å². The van der Waals surface area contributed by atoms with E-state index >= 15 is 0 Å². The molecule has 0 aromatic heterocycles. The molecule has 0 saturated carbocycles. The Hall–Kier alpha value is -1.46. The van der Waals surface area contributed by atoms with Crippen LogP contribution >= 0.6 is 0 Å². The molecule has 4 nitrogen and oxygen atoms in total. The molecule has 0 aliphatic heterocycles. The Bertz CT molecular complexity index is 383. The predicted octanol–water partition coefficient (Wildman–Crippen LogP) is 0.673. The third-order valence-corrected chi connectivity index (χ3v) is 2.39. The first-order valence-electron chi connectivity index (χ1n) is 5.52. The van der Waals surface area contributed by atoms with Gasteiger partial charge in [-0.1, -0.05) is 12.1 Å². The summed E-state index contributed by atoms with van der Waals surface area (Å²) in [6.07, 6.45) is 1.03. The Morgan fingerprint density at radius 3 is 2.82 bits per heavy atom. The molecule has 1 aromatic carbocycles. The van der Waals surface area contributed by atoms with Crippen molar-refractivity contribution in [2.75, 3.05) is 6.54 Å². The Kier molecular flexibility index (Phi) is 5.59. The van der Waals surface area contributed by atoms with E-state index in [0.717, 1.165) is 0 Å². The predicted molar refractivity (Wildman–Crippen MR) is 62.5 cm³/mol. The minimum atomic E-state index is -0.457. The van der Waals surface area contributed by atoms with E-state index in [9.17, 15) is 9.18 Å². The summed E-state index contributed by atoms with van der Waals surface area (Å²) in [5, 5.41) is 11.5. The van der Waals surface area contributed by atoms with Crippen LogP contribution in [0.4, 0.5) is 4.39 Å². The molecule has 0 aliphatic carbocycles. The summed E-state index contributed by atoms with van der Waals surface area (Å²) >= 11 is 0. The smallest absolute Gasteiger partial charge is 0.220 e. The summed E-state index contributed by atoms with van der Waals surface area (Å²) in [6, 6.07) is 4.50. The van der Waals surface area contributed by atoms with E-state index in [1.165, 1.54) is 12.1 Å². The van der Waals surface area contributed by atoms with Crippen molar-refractivity contribution >= 4 is 5.91 Å². The number of benzene rings is 1. The van der Waals surface area contributed by atoms with Gasteiger partial charge < -0.3 is 16.2 Å². The first-order chi connectivity index (χ1) is 8.17. The fourth-order valence-corrected chi connectivity index (χ4v) is 1.38. The maximum absolute atomic E-state index is 13.3. The normalized spacial score (nSPS) is 10.3. The fraction of sp³-hybridized carbons (Fsp3) is 0.417. The molecule has 0 fully saturated rings. The Morgan fingerprint density at radius 2 is 2.24 bits per heavy atom. The summed E-state index contributed by atoms with van der Waals surface area (Å²) in [7, 11) is 0. The average molecular weight is 240 g/mol. The van der Waals surface area contributed by atoms with Gasteiger partial charge in [0.05, 0.1) is 6.61 Å². The number of nitrogens with one attached hydrogen (secondary N) is 1. The molecule has 0 unspecified atom stereocenters. The number of hydrogen-bond acceptors (Lipinski definition) is 3. The maximum Gasteiger partial charge on any atom is 0.220 e. The van der Waals surface area contributed by atoms with Gasteiger partial charge in [0.1, 0.15) is 5.82 Å². The van der Waals surface area contributed by atoms with E-state index in [4.69, 9.17) is 10.8 Å². The number of rotatable bonds is 6. The number of carbonyl (C=O) groups is 1. The van der Waals surface area contributed by atoms with Crippen LogP contribution in [0.2, 0.25) is 0 Å². The van der Waals surface area contributed by atoms with Gasteiger partial charge in [0, 0.05) is 18.5 Å². The van der Waals surface area contributed by atoms with Crippen molar-refractivity contribution in [2.45, 2.75) is 26.0 Å². The Labute approximate surface area is 99.6 Å². The molecular formula is C12H17FN2O2. The lowest BCUT2D eigenvalue weighted by molar-refractivity contribution is -0.121. The second kappa shape index (κ2) is 6.98. The van der Waals surface area contributed by atoms with Crippen molar-refractivity contribution in [1.29, 1.82) is 0 Å². The number of amides is 1. The summed E-state index contributed by atoms with van der Waals surface area (Å²) in [5.74, 6) is -0.552. The van der Waals surface area contributed by atoms with Crippen LogP contribution < -0.4 is 11.1 Å². The maximum atomic E-state index is 13.3. The summed E-state index contributed by atoms with van der Waals surface area (Å²) < 4.78 is 13.3. The molecule has 1 aromatic rings. The molecular weight excluding hydrogens is 223 g/mol. The molecule has 0 spiro atoms. The van der Waals surface area contributed by atoms with Gasteiger partial charge in [0.25, 0.3) is 0 Å². The van der Waals surface area contributed by atoms with Crippen molar-refractivity contribution < 1.29 is 14.3 Å². The number of nitrogens with two attached hydrogens (primary N) is 1. The van der Waals surface area contributed by atoms with E-state index in [1.54, 1.807) is 6.07 Å². The van der Waals surface area contributed by atoms with Gasteiger partial charge in [0.2, 0.25) is 5.91 Å². The molecule has 0 atom stereocenters. The van der Waals surface area contributed by atoms with Crippen LogP contribution in [0.1, 0.15) is 24.0 Å². The number of carbonyl (C=O) groups excluding carboxylic acids is 1. The molecule has 1 rings (SSSR count). The van der Waals surface area contributed by atoms with Gasteiger partial charge in [-0.2, -0.15) is 0 Å². The lowest BCUT2D eigenvalue weighted by Gasteiger charge is -2.06. The highest BCUT2D eigenvalue weighted by Gasteiger charge is 2.04. The molecule has 94 valence electrons. The highest BCUT2D eigenvalue weighted by atomic mass is 19.1. The van der Waals surface area contributed by atoms with Gasteiger partial charge >= 0.3 is 0 Å². The van der Waals surface area contributed by atoms with Gasteiger partial charge in [0.15, 0.2) is 0 Å². The second-order valence-electron chi connectivity index (χ2n) is 3.75. The molecule has 0 radical (unpaired) electrons. The second-order valence-corrected chi connectivity index (χ2v) is 3.75. The molecule has 0 aliphatic rings. The van der Waals surface area contributed by atoms with Crippen molar-refractivity contribution in [3.8, 4) is 0 Å². The lowest BCUT2D eigenvalue weighted by atomic mass is 10.1. The monoisotopic (exact) mass is 240 g/mol. The van der Waals surface area contributed by atoms with Gasteiger partial charge in [-0.15, -0.1) is 0 Å². The number of aliphatic hydroxyl groups excluding tert-OH is 1. The summed E-state index contributed by atoms with van der Waals surface area (Å²) in [4.78, 5) is 11.3. The third-order valence-electron chi connectivity index (χ3n) is 2.39. The number of aliphatic hydroxyl groups is 1. The molecule has 0 bridgehead atoms. The molecule has 0 saturated heterocycles. The van der Waals surface area contributed by atoms with Crippen LogP contribution in [0.15, 0.2) is 18.2 Å². The van der Waals surface area contributed by atoms with Crippen molar-refractivity contribution in [1.82, 2.24) is 5.32 Å². The molecule has 0 heterocycles. The van der Waals surface area contributed by atoms with E-state index in [0.29, 0.717) is 24.9 Å². The zero-order valence-electron chi connectivity index (χ0n) is 9.58. The van der Waals surface area contributed by atoms with Crippen LogP contribution in [-0.4, -0.2) is 17.6 Å². The van der Waals surface area contributed by atoms with E-state index in [1.807, 2.05) is 0 Å². The number of halogens is 1. The van der Waals surface area contributed by atoms with Crippen LogP contribution in [0.3, 0.4) is 0 Å². The average Bonchev–Trinajstić information content (AvgIpc) is 2.34. The molecule has 4 N–H and O–H groups in total. The van der Waals surface area contributed by atoms with Crippen molar-refractivity contribution in [2.24, 2.45) is 5.73 Å². The quantitative estimate of drug-likeness (QED) is 0.684. The standard InChI is InChI=1S/C12H17FN2O2/c13-11-6-9(3-4-10(11)8-16)7-15-12(17)2-1-5-14/h3-4,6,16H,1-2,5,7-8,14H2,(H,15,17). The lowest BCUT2D eigenvalue weighted by Crippen LogP contribution is -2.23. The summed E-state index contributed by atoms with van der Waals surface area (Å²) in [5.41, 5.74) is 6.20. The van der Waals surface area contributed by atoms with E-state index < -0.39 is 5.82 Å². The SMILES string of the molecule is NCCCC(=O)NCc1ccc(CO)c(F)c1. The minimum absolute atomic E-state index is 0.0953. The van der Waals surface area contributed by atoms with Gasteiger partial charge in [-0.05, 0) is 24.6 Å². The van der Waals surface area contributed by atoms with E-state index in [2.05, 4.69) is 5.32 Å². The first-order valence-corrected chi connectivity index (χ1v) is 5.52. The van der Waals surface area contributed by atoms with Crippen LogP contribution in [-0.2, 0) is 17.9 Å². The minimum Gasteiger partial charge on any atom is -0.392 e. The van der Waals surface area contributed by atoms with Gasteiger partial charge in [-0.25, -0.2) is 4.39 Å². The molecule has 5 heteroatoms. The van der Waals surface area contributed by atoms with Crippen LogP contribution in [0.25, 0.3) is 0 Å². The third kappa shape index (κ3) is 4.50. The Balaban J connectivity index is 2.47. The highest BCUT2D eigenvalue weighted by molar-refractivity contribution is 5.75. The van der Waals surface area contributed by atoms with Gasteiger partial charge in [-0.3, -0.25) is 4.79 Å². The zero-order valence-corrected chi connectivity index (χ0v) is 9.58. The Morgan fingerprint density at radius 1 is 1.47 bits per heavy atom. The van der Waals surface area contributed by atoms with E-state index in [-0.39, 0.29) is 24.6 Å². The number of hydrogen-bond donors (Lipinski definition) is 3. The summed E-state index contributed by atoms with van der Waals surface area (Å²) in [6.45, 7) is 0.439. The van der Waals surface area contributed by atoms with Crippen molar-refractivity contribution in [3.05, 3.63) is 35.1 Å². The fourth-order valence-electron chi connectivity index (χ4n) is 1.38. The zero-order chi connectivity index (χ0) is 12.7. The van der Waals surface area contributed by atoms with Crippen molar-refractivity contribution in [3.63, 3.8) is 0 Å².